The number of anilines is 1. The van der Waals surface area contributed by atoms with Crippen LogP contribution in [0.1, 0.15) is 0 Å². The van der Waals surface area contributed by atoms with E-state index in [-0.39, 0.29) is 51.5 Å². The van der Waals surface area contributed by atoms with Crippen LogP contribution < -0.4 is 5.73 Å². The van der Waals surface area contributed by atoms with Crippen molar-refractivity contribution in [3.63, 3.8) is 0 Å². The van der Waals surface area contributed by atoms with Crippen LogP contribution in [-0.2, 0) is 42.1 Å². The molecule has 3 aromatic rings. The minimum atomic E-state index is -3.86. The number of aromatic hydroxyl groups is 1. The molecule has 0 saturated heterocycles. The zero-order valence-electron chi connectivity index (χ0n) is 18.5. The zero-order valence-corrected chi connectivity index (χ0v) is 21.8. The van der Waals surface area contributed by atoms with Gasteiger partial charge in [-0.15, -0.1) is 23.2 Å². The molecule has 0 bridgehead atoms. The number of phenols is 1. The Bertz CT molecular complexity index is 1380. The van der Waals surface area contributed by atoms with Crippen LogP contribution in [0.3, 0.4) is 0 Å². The number of nitrogens with zero attached hydrogens (tertiary/aromatic N) is 2. The van der Waals surface area contributed by atoms with E-state index in [9.17, 15) is 13.5 Å². The van der Waals surface area contributed by atoms with E-state index in [4.69, 9.17) is 25.7 Å². The fraction of sp³-hybridized carbons (Fsp3) is 0.111. The lowest BCUT2D eigenvalue weighted by atomic mass is 10.1. The van der Waals surface area contributed by atoms with Gasteiger partial charge in [-0.2, -0.15) is 0 Å². The molecule has 0 spiro atoms. The van der Waals surface area contributed by atoms with Gasteiger partial charge in [0.15, 0.2) is 22.2 Å². The molecule has 0 saturated carbocycles. The molecule has 0 fully saturated rings. The second kappa shape index (κ2) is 14.8. The number of hydrogen-bond donors (Lipinski definition) is 5. The van der Waals surface area contributed by atoms with Crippen molar-refractivity contribution in [2.24, 2.45) is 10.2 Å². The summed E-state index contributed by atoms with van der Waals surface area (Å²) in [6.45, 7) is -0.306. The summed E-state index contributed by atoms with van der Waals surface area (Å²) in [6.07, 6.45) is 0. The number of phenolic OH excluding ortho intramolecular Hbond substituents is 1. The predicted molar refractivity (Wildman–Crippen MR) is 132 cm³/mol. The maximum Gasteiger partial charge on any atom is 0.197 e. The summed E-state index contributed by atoms with van der Waals surface area (Å²) in [7, 11) is -3.86. The number of azo groups is 1. The first-order valence-corrected chi connectivity index (χ1v) is 13.5. The van der Waals surface area contributed by atoms with Crippen LogP contribution in [0.15, 0.2) is 67.4 Å². The fourth-order valence-corrected chi connectivity index (χ4v) is 5.34. The first-order valence-electron chi connectivity index (χ1n) is 9.70. The molecule has 3 aromatic carbocycles. The summed E-state index contributed by atoms with van der Waals surface area (Å²) in [5.41, 5.74) is 6.54. The smallest absolute Gasteiger partial charge is 0.197 e. The molecule has 0 aliphatic carbocycles. The highest BCUT2D eigenvalue weighted by atomic mass is 32.2. The summed E-state index contributed by atoms with van der Waals surface area (Å²) in [5.74, 6) is -0.599. The molecule has 0 heterocycles. The zero-order chi connectivity index (χ0) is 27.5. The van der Waals surface area contributed by atoms with E-state index in [0.717, 1.165) is 0 Å². The molecule has 0 aromatic heterocycles. The van der Waals surface area contributed by atoms with Crippen LogP contribution in [0.25, 0.3) is 10.8 Å². The Hall–Kier alpha value is -2.28. The number of nitrogen functional groups attached to an aromatic ring is 1. The molecule has 0 atom stereocenters. The number of sulfone groups is 1. The third kappa shape index (κ3) is 8.11. The topological polar surface area (TPSA) is 230 Å². The Morgan fingerprint density at radius 1 is 0.868 bits per heavy atom. The molecule has 0 aliphatic heterocycles. The highest BCUT2D eigenvalue weighted by Gasteiger charge is 2.18. The summed E-state index contributed by atoms with van der Waals surface area (Å²) in [6, 6.07) is 9.76. The van der Waals surface area contributed by atoms with Gasteiger partial charge in [-0.05, 0) is 42.5 Å². The summed E-state index contributed by atoms with van der Waals surface area (Å²) in [5, 5.41) is 54.9. The van der Waals surface area contributed by atoms with Crippen molar-refractivity contribution in [1.29, 1.82) is 0 Å². The van der Waals surface area contributed by atoms with Crippen molar-refractivity contribution in [3.05, 3.63) is 42.5 Å². The molecule has 0 aliphatic rings. The Morgan fingerprint density at radius 3 is 2.34 bits per heavy atom. The average Bonchev–Trinajstić information content (AvgIpc) is 2.90. The van der Waals surface area contributed by atoms with Crippen LogP contribution in [-0.4, -0.2) is 41.7 Å². The predicted octanol–water partition coefficient (Wildman–Crippen LogP) is 5.17. The molecule has 38 heavy (non-hydrogen) atoms. The molecule has 0 radical (unpaired) electrons. The van der Waals surface area contributed by atoms with E-state index in [0.29, 0.717) is 39.8 Å². The monoisotopic (exact) mass is 611 g/mol. The van der Waals surface area contributed by atoms with Gasteiger partial charge < -0.3 is 10.8 Å². The van der Waals surface area contributed by atoms with Crippen molar-refractivity contribution in [2.75, 3.05) is 18.1 Å². The molecule has 3 rings (SSSR count). The first kappa shape index (κ1) is 30.3. The highest BCUT2D eigenvalue weighted by Crippen LogP contribution is 2.41. The molecule has 20 heteroatoms. The number of rotatable bonds is 15. The minimum Gasteiger partial charge on any atom is -0.507 e. The largest absolute Gasteiger partial charge is 0.507 e. The maximum absolute atomic E-state index is 12.6. The van der Waals surface area contributed by atoms with Crippen LogP contribution in [0.5, 0.6) is 5.75 Å². The first-order chi connectivity index (χ1) is 18.3. The Balaban J connectivity index is 1.95. The normalized spacial score (nSPS) is 12.1. The van der Waals surface area contributed by atoms with Crippen LogP contribution in [0.2, 0.25) is 0 Å². The third-order valence-electron chi connectivity index (χ3n) is 4.49. The quantitative estimate of drug-likeness (QED) is 0.0372. The fourth-order valence-electron chi connectivity index (χ4n) is 2.93. The van der Waals surface area contributed by atoms with Gasteiger partial charge >= 0.3 is 0 Å². The lowest BCUT2D eigenvalue weighted by Gasteiger charge is -2.10. The van der Waals surface area contributed by atoms with E-state index in [2.05, 4.69) is 38.3 Å². The minimum absolute atomic E-state index is 0.0857. The van der Waals surface area contributed by atoms with Crippen molar-refractivity contribution in [2.45, 2.75) is 14.7 Å². The number of nitrogens with two attached hydrogens (primary N) is 1. The van der Waals surface area contributed by atoms with E-state index in [1.54, 1.807) is 12.1 Å². The van der Waals surface area contributed by atoms with E-state index in [1.807, 2.05) is 0 Å². The number of benzene rings is 3. The van der Waals surface area contributed by atoms with E-state index < -0.39 is 15.6 Å². The van der Waals surface area contributed by atoms with Crippen molar-refractivity contribution < 1.29 is 61.6 Å². The van der Waals surface area contributed by atoms with Gasteiger partial charge in [0.25, 0.3) is 0 Å². The van der Waals surface area contributed by atoms with Gasteiger partial charge in [-0.25, -0.2) is 24.2 Å². The highest BCUT2D eigenvalue weighted by molar-refractivity contribution is 7.95. The number of hydrogen-bond acceptors (Lipinski definition) is 19. The van der Waals surface area contributed by atoms with Crippen LogP contribution >= 0.6 is 36.4 Å². The third-order valence-corrected chi connectivity index (χ3v) is 7.74. The molecule has 0 amide bonds. The van der Waals surface area contributed by atoms with E-state index >= 15 is 0 Å². The number of fused-ring (bicyclic) bond motifs is 1. The molecule has 16 nitrogen and oxygen atoms in total. The van der Waals surface area contributed by atoms with Gasteiger partial charge in [0.2, 0.25) is 0 Å². The molecular formula is C18H17N3O13S4. The van der Waals surface area contributed by atoms with Gasteiger partial charge in [0.05, 0.1) is 51.9 Å². The molecule has 0 unspecified atom stereocenters. The summed E-state index contributed by atoms with van der Waals surface area (Å²) >= 11 is 1.29. The lowest BCUT2D eigenvalue weighted by Crippen LogP contribution is -2.11. The lowest BCUT2D eigenvalue weighted by molar-refractivity contribution is -0.434. The van der Waals surface area contributed by atoms with E-state index in [1.165, 1.54) is 30.3 Å². The van der Waals surface area contributed by atoms with Gasteiger partial charge in [0.1, 0.15) is 17.1 Å². The van der Waals surface area contributed by atoms with Crippen molar-refractivity contribution >= 4 is 74.1 Å². The van der Waals surface area contributed by atoms with Crippen LogP contribution in [0.4, 0.5) is 17.1 Å². The van der Waals surface area contributed by atoms with Gasteiger partial charge in [0, 0.05) is 15.7 Å². The Kier molecular flexibility index (Phi) is 11.8. The SMILES string of the molecule is Nc1ccc2c(O)cc(SOOO)cc2c1N=Nc1ccc(S(=O)(=O)CCOSOOO)cc1SOOO. The molecule has 206 valence electrons. The summed E-state index contributed by atoms with van der Waals surface area (Å²) < 4.78 is 42.9. The second-order valence-electron chi connectivity index (χ2n) is 6.67. The Morgan fingerprint density at radius 2 is 1.61 bits per heavy atom. The standard InChI is InChI=1S/C18H17N3O13S4/c19-14-3-2-12-13(7-10(8-16(12)22)35-32-29-23)18(14)21-20-15-4-1-11(9-17(15)36-33-30-24)38(26,27)6-5-28-37-34-31-25/h1-4,7-9,22-25H,5-6,19H2. The van der Waals surface area contributed by atoms with Crippen molar-refractivity contribution in [3.8, 4) is 5.75 Å². The van der Waals surface area contributed by atoms with Gasteiger partial charge in [-0.1, -0.05) is 15.1 Å². The molecule has 6 N–H and O–H groups in total. The molecular weight excluding hydrogens is 594 g/mol. The average molecular weight is 612 g/mol. The van der Waals surface area contributed by atoms with Crippen molar-refractivity contribution in [1.82, 2.24) is 0 Å². The second-order valence-corrected chi connectivity index (χ2v) is 10.8. The Labute approximate surface area is 226 Å². The van der Waals surface area contributed by atoms with Crippen LogP contribution in [0, 0.1) is 0 Å². The summed E-state index contributed by atoms with van der Waals surface area (Å²) in [4.78, 5) is 0.279. The van der Waals surface area contributed by atoms with Gasteiger partial charge in [-0.3, -0.25) is 4.18 Å². The maximum atomic E-state index is 12.6.